The van der Waals surface area contributed by atoms with Gasteiger partial charge in [0, 0.05) is 34.8 Å². The molecule has 4 aliphatic carbocycles. The number of benzene rings is 2. The normalized spacial score (nSPS) is 20.3. The van der Waals surface area contributed by atoms with E-state index in [0.717, 1.165) is 22.3 Å². The van der Waals surface area contributed by atoms with Crippen molar-refractivity contribution in [3.8, 4) is 11.5 Å². The maximum Gasteiger partial charge on any atom is 0.231 e. The first kappa shape index (κ1) is 19.7. The summed E-state index contributed by atoms with van der Waals surface area (Å²) in [7, 11) is 0. The monoisotopic (exact) mass is 392 g/mol. The van der Waals surface area contributed by atoms with Gasteiger partial charge in [-0.05, 0) is 24.0 Å². The van der Waals surface area contributed by atoms with Crippen LogP contribution >= 0.6 is 0 Å². The van der Waals surface area contributed by atoms with Gasteiger partial charge in [-0.15, -0.1) is 0 Å². The Kier molecular flexibility index (Phi) is 4.76. The highest BCUT2D eigenvalue weighted by atomic mass is 16.7. The van der Waals surface area contributed by atoms with Crippen molar-refractivity contribution in [1.29, 1.82) is 0 Å². The van der Waals surface area contributed by atoms with Crippen molar-refractivity contribution in [3.05, 3.63) is 58.7 Å². The smallest absolute Gasteiger partial charge is 0.231 e. The molecule has 0 atom stereocenters. The van der Waals surface area contributed by atoms with Gasteiger partial charge in [0.25, 0.3) is 0 Å². The quantitative estimate of drug-likeness (QED) is 0.663. The second-order valence-electron chi connectivity index (χ2n) is 9.59. The van der Waals surface area contributed by atoms with Gasteiger partial charge in [0.2, 0.25) is 6.79 Å². The number of Topliss-reactive ketones (excluding diaryl/α,β-unsaturated/α-hetero) is 2. The topological polar surface area (TPSA) is 52.6 Å². The van der Waals surface area contributed by atoms with Gasteiger partial charge in [-0.1, -0.05) is 64.1 Å². The molecule has 2 aromatic rings. The van der Waals surface area contributed by atoms with Crippen molar-refractivity contribution in [1.82, 2.24) is 0 Å². The summed E-state index contributed by atoms with van der Waals surface area (Å²) in [5.41, 5.74) is 2.94. The van der Waals surface area contributed by atoms with E-state index in [1.54, 1.807) is 0 Å². The van der Waals surface area contributed by atoms with Gasteiger partial charge >= 0.3 is 0 Å². The third kappa shape index (κ3) is 3.81. The summed E-state index contributed by atoms with van der Waals surface area (Å²) in [6.45, 7) is 8.12. The van der Waals surface area contributed by atoms with E-state index in [4.69, 9.17) is 9.47 Å². The Morgan fingerprint density at radius 2 is 1.03 bits per heavy atom. The van der Waals surface area contributed by atoms with Crippen LogP contribution in [-0.2, 0) is 35.3 Å². The fraction of sp³-hybridized carbons (Fsp3) is 0.440. The molecule has 0 N–H and O–H groups in total. The summed E-state index contributed by atoms with van der Waals surface area (Å²) in [6.07, 6.45) is 1.92. The predicted molar refractivity (Wildman–Crippen MR) is 111 cm³/mol. The Morgan fingerprint density at radius 1 is 0.655 bits per heavy atom. The van der Waals surface area contributed by atoms with Crippen LogP contribution in [-0.4, -0.2) is 18.4 Å². The highest BCUT2D eigenvalue weighted by molar-refractivity contribution is 5.89. The first-order valence-electron chi connectivity index (χ1n) is 10.2. The Balaban J connectivity index is 1.79. The molecule has 4 heteroatoms. The van der Waals surface area contributed by atoms with E-state index in [1.165, 1.54) is 0 Å². The Hall–Kier alpha value is -2.62. The molecular weight excluding hydrogens is 364 g/mol. The summed E-state index contributed by atoms with van der Waals surface area (Å²) in [5, 5.41) is 0. The lowest BCUT2D eigenvalue weighted by molar-refractivity contribution is -0.127. The molecule has 4 bridgehead atoms. The second-order valence-corrected chi connectivity index (χ2v) is 9.59. The molecule has 5 aliphatic rings. The van der Waals surface area contributed by atoms with Gasteiger partial charge in [-0.2, -0.15) is 0 Å². The van der Waals surface area contributed by atoms with Gasteiger partial charge in [0.1, 0.15) is 11.6 Å². The lowest BCUT2D eigenvalue weighted by Crippen LogP contribution is -2.29. The fourth-order valence-electron chi connectivity index (χ4n) is 4.20. The van der Waals surface area contributed by atoms with Crippen LogP contribution in [0.2, 0.25) is 0 Å². The van der Waals surface area contributed by atoms with Gasteiger partial charge in [0.15, 0.2) is 11.5 Å². The molecule has 29 heavy (non-hydrogen) atoms. The zero-order valence-corrected chi connectivity index (χ0v) is 17.6. The molecule has 1 heterocycles. The van der Waals surface area contributed by atoms with Crippen molar-refractivity contribution >= 4 is 11.6 Å². The third-order valence-electron chi connectivity index (χ3n) is 6.21. The molecule has 2 aromatic carbocycles. The maximum absolute atomic E-state index is 13.1. The van der Waals surface area contributed by atoms with Crippen molar-refractivity contribution in [3.63, 3.8) is 0 Å². The molecule has 0 fully saturated rings. The van der Waals surface area contributed by atoms with Crippen LogP contribution in [0.15, 0.2) is 36.4 Å². The third-order valence-corrected chi connectivity index (χ3v) is 6.21. The molecule has 0 aromatic heterocycles. The number of rotatable bonds is 0. The van der Waals surface area contributed by atoms with Crippen LogP contribution in [0.3, 0.4) is 0 Å². The highest BCUT2D eigenvalue weighted by Gasteiger charge is 2.33. The molecule has 0 saturated carbocycles. The van der Waals surface area contributed by atoms with Crippen LogP contribution in [0.4, 0.5) is 0 Å². The zero-order valence-electron chi connectivity index (χ0n) is 17.6. The van der Waals surface area contributed by atoms with E-state index in [1.807, 2.05) is 39.8 Å². The summed E-state index contributed by atoms with van der Waals surface area (Å²) < 4.78 is 11.4. The number of hydrogen-bond donors (Lipinski definition) is 0. The lowest BCUT2D eigenvalue weighted by atomic mass is 9.77. The molecule has 1 aliphatic heterocycles. The van der Waals surface area contributed by atoms with E-state index in [9.17, 15) is 9.59 Å². The highest BCUT2D eigenvalue weighted by Crippen LogP contribution is 2.41. The fourth-order valence-corrected chi connectivity index (χ4v) is 4.20. The summed E-state index contributed by atoms with van der Waals surface area (Å²) in [5.74, 6) is 1.56. The standard InChI is InChI=1S/C25H28O4/c1-24(2)13-16-5-7-17(8-6-16)14-25(3,4)21(27)12-19-10-9-18(11-20(24)26)22-23(19)29-15-28-22/h5-10H,11-15H2,1-4H3. The molecule has 0 radical (unpaired) electrons. The maximum atomic E-state index is 13.1. The van der Waals surface area contributed by atoms with E-state index in [0.29, 0.717) is 24.3 Å². The Morgan fingerprint density at radius 3 is 1.41 bits per heavy atom. The van der Waals surface area contributed by atoms with Crippen LogP contribution in [0.5, 0.6) is 11.5 Å². The van der Waals surface area contributed by atoms with Crippen LogP contribution < -0.4 is 9.47 Å². The van der Waals surface area contributed by atoms with Crippen LogP contribution in [0.1, 0.15) is 49.9 Å². The van der Waals surface area contributed by atoms with E-state index in [-0.39, 0.29) is 31.2 Å². The number of carbonyl (C=O) groups excluding carboxylic acids is 2. The SMILES string of the molecule is CC1(C)Cc2ccc(cc2)CC(C)(C)C(=O)Cc2ccc(c3c2OCO3)CC1=O. The van der Waals surface area contributed by atoms with E-state index in [2.05, 4.69) is 24.3 Å². The van der Waals surface area contributed by atoms with Gasteiger partial charge in [-0.25, -0.2) is 0 Å². The Labute approximate surface area is 172 Å². The molecule has 0 saturated heterocycles. The molecule has 152 valence electrons. The zero-order chi connectivity index (χ0) is 20.8. The van der Waals surface area contributed by atoms with Crippen LogP contribution in [0.25, 0.3) is 0 Å². The minimum Gasteiger partial charge on any atom is -0.453 e. The molecular formula is C25H28O4. The van der Waals surface area contributed by atoms with E-state index >= 15 is 0 Å². The molecule has 4 nitrogen and oxygen atoms in total. The number of ketones is 2. The second kappa shape index (κ2) is 7.01. The number of ether oxygens (including phenoxy) is 2. The molecule has 0 amide bonds. The number of hydrogen-bond acceptors (Lipinski definition) is 4. The van der Waals surface area contributed by atoms with E-state index < -0.39 is 10.8 Å². The average molecular weight is 392 g/mol. The van der Waals surface area contributed by atoms with Crippen molar-refractivity contribution < 1.29 is 19.1 Å². The van der Waals surface area contributed by atoms with Gasteiger partial charge in [0.05, 0.1) is 0 Å². The first-order valence-corrected chi connectivity index (χ1v) is 10.2. The minimum absolute atomic E-state index is 0.123. The van der Waals surface area contributed by atoms with Gasteiger partial charge < -0.3 is 9.47 Å². The van der Waals surface area contributed by atoms with Gasteiger partial charge in [-0.3, -0.25) is 9.59 Å². The summed E-state index contributed by atoms with van der Waals surface area (Å²) in [4.78, 5) is 26.2. The number of carbonyl (C=O) groups is 2. The lowest BCUT2D eigenvalue weighted by Gasteiger charge is -2.26. The molecule has 0 unspecified atom stereocenters. The molecule has 7 rings (SSSR count). The van der Waals surface area contributed by atoms with Crippen LogP contribution in [0, 0.1) is 10.8 Å². The van der Waals surface area contributed by atoms with Crippen molar-refractivity contribution in [2.24, 2.45) is 10.8 Å². The summed E-state index contributed by atoms with van der Waals surface area (Å²) in [6, 6.07) is 12.2. The molecule has 0 spiro atoms. The Bertz CT molecular complexity index is 889. The first-order chi connectivity index (χ1) is 13.7. The van der Waals surface area contributed by atoms with Crippen molar-refractivity contribution in [2.45, 2.75) is 53.4 Å². The average Bonchev–Trinajstić information content (AvgIpc) is 3.14. The predicted octanol–water partition coefficient (Wildman–Crippen LogP) is 4.49. The largest absolute Gasteiger partial charge is 0.453 e. The minimum atomic E-state index is -0.487. The summed E-state index contributed by atoms with van der Waals surface area (Å²) >= 11 is 0. The van der Waals surface area contributed by atoms with Crippen molar-refractivity contribution in [2.75, 3.05) is 6.79 Å².